The van der Waals surface area contributed by atoms with Crippen molar-refractivity contribution in [3.63, 3.8) is 0 Å². The summed E-state index contributed by atoms with van der Waals surface area (Å²) < 4.78 is 11.7. The number of imide groups is 1. The van der Waals surface area contributed by atoms with E-state index in [4.69, 9.17) is 9.16 Å². The lowest BCUT2D eigenvalue weighted by Crippen LogP contribution is -2.56. The van der Waals surface area contributed by atoms with Gasteiger partial charge in [-0.2, -0.15) is 0 Å². The number of urea groups is 1. The van der Waals surface area contributed by atoms with E-state index >= 15 is 0 Å². The molecule has 3 N–H and O–H groups in total. The molecule has 138 valence electrons. The van der Waals surface area contributed by atoms with Gasteiger partial charge >= 0.3 is 6.03 Å². The van der Waals surface area contributed by atoms with Crippen LogP contribution in [0.3, 0.4) is 0 Å². The van der Waals surface area contributed by atoms with Gasteiger partial charge in [0.25, 0.3) is 0 Å². The van der Waals surface area contributed by atoms with E-state index in [0.717, 1.165) is 0 Å². The van der Waals surface area contributed by atoms with Crippen LogP contribution in [0.25, 0.3) is 0 Å². The second-order valence-corrected chi connectivity index (χ2v) is 12.7. The summed E-state index contributed by atoms with van der Waals surface area (Å²) >= 11 is 0. The average molecular weight is 360 g/mol. The molecule has 3 amide bonds. The van der Waals surface area contributed by atoms with Gasteiger partial charge in [0.2, 0.25) is 5.91 Å². The number of nitrogens with zero attached hydrogens (tertiary/aromatic N) is 1. The Bertz CT molecular complexity index is 507. The van der Waals surface area contributed by atoms with Crippen LogP contribution in [0.4, 0.5) is 4.79 Å². The molecule has 2 heterocycles. The summed E-state index contributed by atoms with van der Waals surface area (Å²) in [5.74, 6) is -0.359. The molecular weight excluding hydrogens is 332 g/mol. The van der Waals surface area contributed by atoms with E-state index in [-0.39, 0.29) is 30.5 Å². The van der Waals surface area contributed by atoms with Gasteiger partial charge in [0, 0.05) is 13.0 Å². The Labute approximate surface area is 143 Å². The summed E-state index contributed by atoms with van der Waals surface area (Å²) in [4.78, 5) is 24.4. The summed E-state index contributed by atoms with van der Waals surface area (Å²) in [7, 11) is -2.02. The Kier molecular flexibility index (Phi) is 5.41. The molecule has 0 unspecified atom stereocenters. The van der Waals surface area contributed by atoms with Gasteiger partial charge in [-0.05, 0) is 18.1 Å². The highest BCUT2D eigenvalue weighted by Gasteiger charge is 2.49. The minimum atomic E-state index is -2.02. The number of nitrogens with one attached hydrogen (secondary N) is 1. The number of hydrogen-bond acceptors (Lipinski definition) is 6. The van der Waals surface area contributed by atoms with Crippen molar-refractivity contribution >= 4 is 20.3 Å². The largest absolute Gasteiger partial charge is 0.414 e. The number of hydrogen-bond donors (Lipinski definition) is 3. The highest BCUT2D eigenvalue weighted by Crippen LogP contribution is 2.37. The second-order valence-electron chi connectivity index (χ2n) is 7.91. The molecule has 2 aliphatic rings. The number of ether oxygens (including phenoxy) is 1. The maximum Gasteiger partial charge on any atom is 0.326 e. The van der Waals surface area contributed by atoms with Crippen molar-refractivity contribution in [2.75, 3.05) is 13.2 Å². The highest BCUT2D eigenvalue weighted by atomic mass is 28.4. The van der Waals surface area contributed by atoms with Crippen LogP contribution >= 0.6 is 0 Å². The molecule has 0 aromatic heterocycles. The van der Waals surface area contributed by atoms with Crippen molar-refractivity contribution in [3.8, 4) is 0 Å². The lowest BCUT2D eigenvalue weighted by molar-refractivity contribution is -0.125. The van der Waals surface area contributed by atoms with Gasteiger partial charge in [-0.1, -0.05) is 20.8 Å². The van der Waals surface area contributed by atoms with Gasteiger partial charge < -0.3 is 19.4 Å². The maximum atomic E-state index is 11.9. The maximum absolute atomic E-state index is 11.9. The van der Waals surface area contributed by atoms with E-state index in [9.17, 15) is 19.8 Å². The lowest BCUT2D eigenvalue weighted by atomic mass is 10.1. The zero-order chi connectivity index (χ0) is 18.3. The first-order chi connectivity index (χ1) is 10.9. The van der Waals surface area contributed by atoms with Gasteiger partial charge in [0.05, 0.1) is 6.61 Å². The number of carbonyl (C=O) groups is 2. The fraction of sp³-hybridized carbons (Fsp3) is 0.867. The van der Waals surface area contributed by atoms with Crippen LogP contribution in [0.2, 0.25) is 18.1 Å². The molecule has 0 spiro atoms. The number of carbonyl (C=O) groups excluding carboxylic acids is 2. The van der Waals surface area contributed by atoms with Crippen molar-refractivity contribution < 1.29 is 29.0 Å². The van der Waals surface area contributed by atoms with Gasteiger partial charge in [-0.3, -0.25) is 15.0 Å². The van der Waals surface area contributed by atoms with Crippen LogP contribution in [0, 0.1) is 0 Å². The Morgan fingerprint density at radius 2 is 1.92 bits per heavy atom. The smallest absolute Gasteiger partial charge is 0.326 e. The molecule has 2 aliphatic heterocycles. The fourth-order valence-corrected chi connectivity index (χ4v) is 3.47. The molecular formula is C15H28N2O6Si. The zero-order valence-electron chi connectivity index (χ0n) is 14.9. The molecule has 2 fully saturated rings. The van der Waals surface area contributed by atoms with Crippen molar-refractivity contribution in [2.24, 2.45) is 0 Å². The Morgan fingerprint density at radius 3 is 2.46 bits per heavy atom. The van der Waals surface area contributed by atoms with E-state index in [1.165, 1.54) is 4.90 Å². The summed E-state index contributed by atoms with van der Waals surface area (Å²) in [5, 5.41) is 22.7. The third-order valence-corrected chi connectivity index (χ3v) is 9.65. The van der Waals surface area contributed by atoms with Crippen LogP contribution in [0.5, 0.6) is 0 Å². The molecule has 2 saturated heterocycles. The first kappa shape index (κ1) is 19.3. The summed E-state index contributed by atoms with van der Waals surface area (Å²) in [6.45, 7) is 10.8. The quantitative estimate of drug-likeness (QED) is 0.626. The molecule has 2 rings (SSSR count). The predicted octanol–water partition coefficient (Wildman–Crippen LogP) is 0.397. The Morgan fingerprint density at radius 1 is 1.29 bits per heavy atom. The Balaban J connectivity index is 2.00. The monoisotopic (exact) mass is 360 g/mol. The van der Waals surface area contributed by atoms with E-state index in [0.29, 0.717) is 0 Å². The fourth-order valence-electron chi connectivity index (χ4n) is 2.45. The van der Waals surface area contributed by atoms with Crippen LogP contribution in [0.15, 0.2) is 0 Å². The molecule has 0 saturated carbocycles. The first-order valence-corrected chi connectivity index (χ1v) is 11.1. The van der Waals surface area contributed by atoms with E-state index < -0.39 is 38.9 Å². The highest BCUT2D eigenvalue weighted by molar-refractivity contribution is 6.74. The standard InChI is InChI=1S/C15H28N2O6Si/c1-15(2,3)24(4,5)22-8-9-11(19)12(20)13(23-9)17-7-6-10(18)16-14(17)21/h9,11-13,19-20H,6-8H2,1-5H3,(H,16,18,21)/t9-,11-,12-,13-/m1/s1. The van der Waals surface area contributed by atoms with E-state index in [2.05, 4.69) is 39.2 Å². The minimum Gasteiger partial charge on any atom is -0.414 e. The molecule has 0 radical (unpaired) electrons. The second kappa shape index (κ2) is 6.72. The summed E-state index contributed by atoms with van der Waals surface area (Å²) in [5.41, 5.74) is 0. The third-order valence-electron chi connectivity index (χ3n) is 5.15. The molecule has 8 nitrogen and oxygen atoms in total. The van der Waals surface area contributed by atoms with Gasteiger partial charge in [0.15, 0.2) is 14.5 Å². The average Bonchev–Trinajstić information content (AvgIpc) is 2.72. The molecule has 4 atom stereocenters. The van der Waals surface area contributed by atoms with E-state index in [1.807, 2.05) is 0 Å². The lowest BCUT2D eigenvalue weighted by Gasteiger charge is -2.37. The molecule has 0 aliphatic carbocycles. The van der Waals surface area contributed by atoms with Gasteiger partial charge in [0.1, 0.15) is 18.3 Å². The number of aliphatic hydroxyl groups is 2. The molecule has 24 heavy (non-hydrogen) atoms. The van der Waals surface area contributed by atoms with Gasteiger partial charge in [-0.25, -0.2) is 4.79 Å². The Hall–Kier alpha value is -1.00. The molecule has 9 heteroatoms. The SMILES string of the molecule is CC(C)(C)[Si](C)(C)OC[C@H]1O[C@@H](N2CCC(=O)NC2=O)[C@H](O)[C@@H]1O. The predicted molar refractivity (Wildman–Crippen MR) is 88.7 cm³/mol. The van der Waals surface area contributed by atoms with Crippen LogP contribution in [0.1, 0.15) is 27.2 Å². The van der Waals surface area contributed by atoms with Crippen molar-refractivity contribution in [1.29, 1.82) is 0 Å². The van der Waals surface area contributed by atoms with Crippen molar-refractivity contribution in [1.82, 2.24) is 10.2 Å². The minimum absolute atomic E-state index is 0.0156. The van der Waals surface area contributed by atoms with Gasteiger partial charge in [-0.15, -0.1) is 0 Å². The third kappa shape index (κ3) is 3.80. The van der Waals surface area contributed by atoms with Crippen LogP contribution < -0.4 is 5.32 Å². The summed E-state index contributed by atoms with van der Waals surface area (Å²) in [6, 6.07) is -0.617. The normalized spacial score (nSPS) is 32.2. The molecule has 0 aromatic carbocycles. The summed E-state index contributed by atoms with van der Waals surface area (Å²) in [6.07, 6.45) is -3.95. The molecule has 0 aromatic rings. The van der Waals surface area contributed by atoms with E-state index in [1.54, 1.807) is 0 Å². The number of rotatable bonds is 4. The molecule has 0 bridgehead atoms. The zero-order valence-corrected chi connectivity index (χ0v) is 15.9. The number of amides is 3. The van der Waals surface area contributed by atoms with Crippen LogP contribution in [-0.4, -0.2) is 73.1 Å². The van der Waals surface area contributed by atoms with Crippen molar-refractivity contribution in [2.45, 2.75) is 69.9 Å². The van der Waals surface area contributed by atoms with Crippen LogP contribution in [-0.2, 0) is 14.0 Å². The topological polar surface area (TPSA) is 108 Å². The van der Waals surface area contributed by atoms with Crippen molar-refractivity contribution in [3.05, 3.63) is 0 Å². The number of aliphatic hydroxyl groups excluding tert-OH is 2. The first-order valence-electron chi connectivity index (χ1n) is 8.20.